The maximum atomic E-state index is 5.79. The molecule has 6 nitrogen and oxygen atoms in total. The molecule has 19 heavy (non-hydrogen) atoms. The van der Waals surface area contributed by atoms with Gasteiger partial charge in [-0.2, -0.15) is 0 Å². The predicted octanol–water partition coefficient (Wildman–Crippen LogP) is 1.09. The van der Waals surface area contributed by atoms with Crippen LogP contribution in [0.2, 0.25) is 0 Å². The molecule has 0 amide bonds. The molecule has 0 bridgehead atoms. The highest BCUT2D eigenvalue weighted by Crippen LogP contribution is 2.30. The van der Waals surface area contributed by atoms with Gasteiger partial charge >= 0.3 is 0 Å². The SMILES string of the molecule is CC1C(n2nnnc2N)CCN1Cc1ccccc1. The summed E-state index contributed by atoms with van der Waals surface area (Å²) in [6, 6.07) is 11.2. The fraction of sp³-hybridized carbons (Fsp3) is 0.462. The third kappa shape index (κ3) is 2.31. The van der Waals surface area contributed by atoms with Crippen LogP contribution in [-0.2, 0) is 6.54 Å². The smallest absolute Gasteiger partial charge is 0.240 e. The molecule has 1 fully saturated rings. The lowest BCUT2D eigenvalue weighted by Crippen LogP contribution is -2.31. The molecule has 1 aliphatic heterocycles. The average Bonchev–Trinajstić information content (AvgIpc) is 2.98. The van der Waals surface area contributed by atoms with Crippen molar-refractivity contribution >= 4 is 5.95 Å². The number of nitrogens with two attached hydrogens (primary N) is 1. The van der Waals surface area contributed by atoms with E-state index in [9.17, 15) is 0 Å². The zero-order chi connectivity index (χ0) is 13.2. The molecule has 2 aromatic rings. The number of hydrogen-bond donors (Lipinski definition) is 1. The topological polar surface area (TPSA) is 72.9 Å². The minimum atomic E-state index is 0.263. The molecule has 1 saturated heterocycles. The number of tetrazole rings is 1. The Hall–Kier alpha value is -1.95. The lowest BCUT2D eigenvalue weighted by Gasteiger charge is -2.24. The summed E-state index contributed by atoms with van der Waals surface area (Å²) < 4.78 is 1.75. The van der Waals surface area contributed by atoms with Crippen molar-refractivity contribution in [3.05, 3.63) is 35.9 Å². The van der Waals surface area contributed by atoms with Crippen LogP contribution < -0.4 is 5.73 Å². The van der Waals surface area contributed by atoms with Crippen molar-refractivity contribution in [2.45, 2.75) is 32.0 Å². The highest BCUT2D eigenvalue weighted by molar-refractivity contribution is 5.16. The minimum Gasteiger partial charge on any atom is -0.367 e. The van der Waals surface area contributed by atoms with Crippen LogP contribution in [0.25, 0.3) is 0 Å². The van der Waals surface area contributed by atoms with Crippen molar-refractivity contribution in [1.82, 2.24) is 25.1 Å². The monoisotopic (exact) mass is 258 g/mol. The molecular weight excluding hydrogens is 240 g/mol. The van der Waals surface area contributed by atoms with Gasteiger partial charge in [0.15, 0.2) is 0 Å². The van der Waals surface area contributed by atoms with Crippen LogP contribution in [0.1, 0.15) is 24.9 Å². The van der Waals surface area contributed by atoms with Crippen molar-refractivity contribution in [2.24, 2.45) is 0 Å². The predicted molar refractivity (Wildman–Crippen MR) is 72.2 cm³/mol. The first kappa shape index (κ1) is 12.1. The first-order valence-electron chi connectivity index (χ1n) is 6.57. The molecule has 0 radical (unpaired) electrons. The molecule has 0 aliphatic carbocycles. The van der Waals surface area contributed by atoms with E-state index >= 15 is 0 Å². The van der Waals surface area contributed by atoms with E-state index in [1.54, 1.807) is 4.68 Å². The first-order valence-corrected chi connectivity index (χ1v) is 6.57. The maximum Gasteiger partial charge on any atom is 0.240 e. The Balaban J connectivity index is 1.72. The van der Waals surface area contributed by atoms with Crippen molar-refractivity contribution in [1.29, 1.82) is 0 Å². The van der Waals surface area contributed by atoms with Gasteiger partial charge in [-0.05, 0) is 29.3 Å². The fourth-order valence-electron chi connectivity index (χ4n) is 2.79. The molecule has 1 aliphatic rings. The summed E-state index contributed by atoms with van der Waals surface area (Å²) in [5, 5.41) is 11.4. The number of likely N-dealkylation sites (tertiary alicyclic amines) is 1. The number of anilines is 1. The van der Waals surface area contributed by atoms with Crippen LogP contribution in [-0.4, -0.2) is 37.7 Å². The van der Waals surface area contributed by atoms with Crippen LogP contribution in [0.4, 0.5) is 5.95 Å². The van der Waals surface area contributed by atoms with Crippen LogP contribution in [0.3, 0.4) is 0 Å². The van der Waals surface area contributed by atoms with Crippen LogP contribution in [0.15, 0.2) is 30.3 Å². The van der Waals surface area contributed by atoms with E-state index in [0.717, 1.165) is 19.5 Å². The molecule has 1 aromatic carbocycles. The minimum absolute atomic E-state index is 0.263. The van der Waals surface area contributed by atoms with Gasteiger partial charge in [0.1, 0.15) is 0 Å². The Labute approximate surface area is 112 Å². The first-order chi connectivity index (χ1) is 9.25. The van der Waals surface area contributed by atoms with Gasteiger partial charge in [-0.15, -0.1) is 0 Å². The average molecular weight is 258 g/mol. The summed E-state index contributed by atoms with van der Waals surface area (Å²) in [6.07, 6.45) is 1.03. The second-order valence-corrected chi connectivity index (χ2v) is 5.03. The Morgan fingerprint density at radius 2 is 2.11 bits per heavy atom. The van der Waals surface area contributed by atoms with Gasteiger partial charge in [0, 0.05) is 19.1 Å². The van der Waals surface area contributed by atoms with Gasteiger partial charge in [0.05, 0.1) is 6.04 Å². The number of nitrogen functional groups attached to an aromatic ring is 1. The van der Waals surface area contributed by atoms with E-state index in [0.29, 0.717) is 12.0 Å². The van der Waals surface area contributed by atoms with Crippen molar-refractivity contribution < 1.29 is 0 Å². The normalized spacial score (nSPS) is 23.8. The lowest BCUT2D eigenvalue weighted by molar-refractivity contribution is 0.229. The molecule has 2 N–H and O–H groups in total. The number of nitrogens with zero attached hydrogens (tertiary/aromatic N) is 5. The zero-order valence-electron chi connectivity index (χ0n) is 11.0. The molecule has 0 spiro atoms. The fourth-order valence-corrected chi connectivity index (χ4v) is 2.79. The zero-order valence-corrected chi connectivity index (χ0v) is 11.0. The lowest BCUT2D eigenvalue weighted by atomic mass is 10.1. The van der Waals surface area contributed by atoms with Crippen LogP contribution >= 0.6 is 0 Å². The summed E-state index contributed by atoms with van der Waals surface area (Å²) in [4.78, 5) is 2.45. The van der Waals surface area contributed by atoms with Gasteiger partial charge < -0.3 is 5.73 Å². The molecule has 6 heteroatoms. The maximum absolute atomic E-state index is 5.79. The summed E-state index contributed by atoms with van der Waals surface area (Å²) in [6.45, 7) is 4.21. The summed E-state index contributed by atoms with van der Waals surface area (Å²) in [5.74, 6) is 0.401. The molecule has 2 heterocycles. The van der Waals surface area contributed by atoms with E-state index in [4.69, 9.17) is 5.73 Å². The molecular formula is C13H18N6. The Morgan fingerprint density at radius 3 is 2.79 bits per heavy atom. The molecule has 0 saturated carbocycles. The molecule has 100 valence electrons. The largest absolute Gasteiger partial charge is 0.367 e. The third-order valence-corrected chi connectivity index (χ3v) is 3.91. The highest BCUT2D eigenvalue weighted by Gasteiger charge is 2.33. The van der Waals surface area contributed by atoms with E-state index in [1.807, 2.05) is 6.07 Å². The second kappa shape index (κ2) is 4.97. The van der Waals surface area contributed by atoms with Crippen molar-refractivity contribution in [2.75, 3.05) is 12.3 Å². The van der Waals surface area contributed by atoms with E-state index < -0.39 is 0 Å². The van der Waals surface area contributed by atoms with Gasteiger partial charge in [0.25, 0.3) is 0 Å². The quantitative estimate of drug-likeness (QED) is 0.892. The molecule has 2 unspecified atom stereocenters. The Kier molecular flexibility index (Phi) is 3.16. The van der Waals surface area contributed by atoms with Crippen LogP contribution in [0, 0.1) is 0 Å². The Bertz CT molecular complexity index is 537. The standard InChI is InChI=1S/C13H18N6/c1-10-12(19-13(14)15-16-17-19)7-8-18(10)9-11-5-3-2-4-6-11/h2-6,10,12H,7-9H2,1H3,(H2,14,15,17). The highest BCUT2D eigenvalue weighted by atomic mass is 15.6. The van der Waals surface area contributed by atoms with Crippen molar-refractivity contribution in [3.63, 3.8) is 0 Å². The van der Waals surface area contributed by atoms with Gasteiger partial charge in [0.2, 0.25) is 5.95 Å². The van der Waals surface area contributed by atoms with E-state index in [2.05, 4.69) is 51.6 Å². The summed E-state index contributed by atoms with van der Waals surface area (Å²) in [7, 11) is 0. The van der Waals surface area contributed by atoms with Crippen molar-refractivity contribution in [3.8, 4) is 0 Å². The van der Waals surface area contributed by atoms with Gasteiger partial charge in [-0.3, -0.25) is 4.90 Å². The second-order valence-electron chi connectivity index (χ2n) is 5.03. The number of benzene rings is 1. The summed E-state index contributed by atoms with van der Waals surface area (Å²) in [5.41, 5.74) is 7.12. The molecule has 2 atom stereocenters. The Morgan fingerprint density at radius 1 is 1.32 bits per heavy atom. The summed E-state index contributed by atoms with van der Waals surface area (Å²) >= 11 is 0. The van der Waals surface area contributed by atoms with E-state index in [-0.39, 0.29) is 6.04 Å². The van der Waals surface area contributed by atoms with Crippen LogP contribution in [0.5, 0.6) is 0 Å². The molecule has 3 rings (SSSR count). The van der Waals surface area contributed by atoms with E-state index in [1.165, 1.54) is 5.56 Å². The van der Waals surface area contributed by atoms with Gasteiger partial charge in [-0.25, -0.2) is 4.68 Å². The number of hydrogen-bond acceptors (Lipinski definition) is 5. The molecule has 1 aromatic heterocycles. The number of aromatic nitrogens is 4. The van der Waals surface area contributed by atoms with Gasteiger partial charge in [-0.1, -0.05) is 35.4 Å². The number of rotatable bonds is 3. The third-order valence-electron chi connectivity index (χ3n) is 3.91.